The first-order valence-electron chi connectivity index (χ1n) is 6.67. The van der Waals surface area contributed by atoms with Crippen molar-refractivity contribution in [1.82, 2.24) is 5.32 Å². The molecule has 1 aliphatic carbocycles. The first-order valence-corrected chi connectivity index (χ1v) is 6.67. The van der Waals surface area contributed by atoms with Crippen LogP contribution in [-0.4, -0.2) is 25.8 Å². The summed E-state index contributed by atoms with van der Waals surface area (Å²) in [5.74, 6) is 0.872. The minimum absolute atomic E-state index is 0.451. The fourth-order valence-electron chi connectivity index (χ4n) is 2.10. The Morgan fingerprint density at radius 3 is 2.38 bits per heavy atom. The molecule has 0 aromatic rings. The van der Waals surface area contributed by atoms with Crippen molar-refractivity contribution >= 4 is 0 Å². The lowest BCUT2D eigenvalue weighted by molar-refractivity contribution is 0.150. The van der Waals surface area contributed by atoms with Crippen molar-refractivity contribution in [3.63, 3.8) is 0 Å². The highest BCUT2D eigenvalue weighted by molar-refractivity contribution is 4.87. The van der Waals surface area contributed by atoms with Crippen molar-refractivity contribution in [3.05, 3.63) is 0 Å². The summed E-state index contributed by atoms with van der Waals surface area (Å²) in [7, 11) is 1.80. The molecule has 0 aliphatic heterocycles. The van der Waals surface area contributed by atoms with Crippen LogP contribution < -0.4 is 5.32 Å². The van der Waals surface area contributed by atoms with Gasteiger partial charge in [0, 0.05) is 19.2 Å². The molecule has 0 heterocycles. The molecule has 1 aliphatic rings. The summed E-state index contributed by atoms with van der Waals surface area (Å²) in [6.45, 7) is 10.1. The molecule has 1 rings (SSSR count). The second-order valence-electron chi connectivity index (χ2n) is 6.57. The highest BCUT2D eigenvalue weighted by Crippen LogP contribution is 2.33. The summed E-state index contributed by atoms with van der Waals surface area (Å²) in [5, 5.41) is 3.73. The van der Waals surface area contributed by atoms with Gasteiger partial charge < -0.3 is 10.1 Å². The van der Waals surface area contributed by atoms with Crippen LogP contribution >= 0.6 is 0 Å². The van der Waals surface area contributed by atoms with Crippen LogP contribution in [0.2, 0.25) is 0 Å². The Morgan fingerprint density at radius 1 is 1.31 bits per heavy atom. The average Bonchev–Trinajstić information content (AvgIpc) is 2.96. The van der Waals surface area contributed by atoms with Crippen molar-refractivity contribution in [2.24, 2.45) is 11.3 Å². The van der Waals surface area contributed by atoms with Crippen LogP contribution in [0, 0.1) is 11.3 Å². The minimum Gasteiger partial charge on any atom is -0.383 e. The zero-order valence-corrected chi connectivity index (χ0v) is 11.7. The van der Waals surface area contributed by atoms with E-state index in [1.807, 2.05) is 0 Å². The van der Waals surface area contributed by atoms with E-state index in [0.717, 1.165) is 12.5 Å². The lowest BCUT2D eigenvalue weighted by Gasteiger charge is -2.25. The molecule has 2 unspecified atom stereocenters. The minimum atomic E-state index is 0.451. The quantitative estimate of drug-likeness (QED) is 0.721. The zero-order valence-electron chi connectivity index (χ0n) is 11.7. The maximum atomic E-state index is 5.29. The van der Waals surface area contributed by atoms with E-state index in [0.29, 0.717) is 17.5 Å². The van der Waals surface area contributed by atoms with E-state index in [-0.39, 0.29) is 0 Å². The highest BCUT2D eigenvalue weighted by Gasteiger charge is 2.31. The van der Waals surface area contributed by atoms with Gasteiger partial charge in [0.25, 0.3) is 0 Å². The van der Waals surface area contributed by atoms with Crippen molar-refractivity contribution < 1.29 is 4.74 Å². The maximum Gasteiger partial charge on any atom is 0.0618 e. The van der Waals surface area contributed by atoms with Crippen molar-refractivity contribution in [3.8, 4) is 0 Å². The molecular weight excluding hydrogens is 198 g/mol. The van der Waals surface area contributed by atoms with Crippen LogP contribution in [0.3, 0.4) is 0 Å². The fraction of sp³-hybridized carbons (Fsp3) is 1.00. The van der Waals surface area contributed by atoms with Crippen molar-refractivity contribution in [1.29, 1.82) is 0 Å². The van der Waals surface area contributed by atoms with E-state index >= 15 is 0 Å². The lowest BCUT2D eigenvalue weighted by atomic mass is 9.89. The molecule has 1 fully saturated rings. The molecule has 0 radical (unpaired) electrons. The molecule has 2 heteroatoms. The Hall–Kier alpha value is -0.0800. The molecule has 0 saturated heterocycles. The summed E-state index contributed by atoms with van der Waals surface area (Å²) >= 11 is 0. The highest BCUT2D eigenvalue weighted by atomic mass is 16.5. The number of methoxy groups -OCH3 is 1. The lowest BCUT2D eigenvalue weighted by Crippen LogP contribution is -2.41. The Kier molecular flexibility index (Phi) is 5.26. The van der Waals surface area contributed by atoms with E-state index in [2.05, 4.69) is 33.0 Å². The molecule has 16 heavy (non-hydrogen) atoms. The van der Waals surface area contributed by atoms with E-state index in [1.165, 1.54) is 25.7 Å². The number of hydrogen-bond acceptors (Lipinski definition) is 2. The summed E-state index contributed by atoms with van der Waals surface area (Å²) < 4.78 is 5.29. The van der Waals surface area contributed by atoms with Gasteiger partial charge in [-0.2, -0.15) is 0 Å². The first-order chi connectivity index (χ1) is 7.42. The third-order valence-corrected chi connectivity index (χ3v) is 3.36. The third-order valence-electron chi connectivity index (χ3n) is 3.36. The molecule has 0 aromatic carbocycles. The largest absolute Gasteiger partial charge is 0.383 e. The average molecular weight is 227 g/mol. The summed E-state index contributed by atoms with van der Waals surface area (Å²) in [4.78, 5) is 0. The number of nitrogens with one attached hydrogen (secondary N) is 1. The van der Waals surface area contributed by atoms with Gasteiger partial charge in [0.15, 0.2) is 0 Å². The van der Waals surface area contributed by atoms with Gasteiger partial charge in [0.05, 0.1) is 6.61 Å². The summed E-state index contributed by atoms with van der Waals surface area (Å²) in [6, 6.07) is 1.19. The molecule has 2 nitrogen and oxygen atoms in total. The van der Waals surface area contributed by atoms with Crippen molar-refractivity contribution in [2.75, 3.05) is 13.7 Å². The van der Waals surface area contributed by atoms with Gasteiger partial charge in [-0.15, -0.1) is 0 Å². The van der Waals surface area contributed by atoms with E-state index in [4.69, 9.17) is 4.74 Å². The van der Waals surface area contributed by atoms with E-state index in [9.17, 15) is 0 Å². The SMILES string of the molecule is COCC(NC(C)CCC(C)(C)C)C1CC1. The van der Waals surface area contributed by atoms with Gasteiger partial charge in [-0.1, -0.05) is 20.8 Å². The van der Waals surface area contributed by atoms with Crippen LogP contribution in [0.25, 0.3) is 0 Å². The van der Waals surface area contributed by atoms with Gasteiger partial charge in [-0.25, -0.2) is 0 Å². The van der Waals surface area contributed by atoms with Gasteiger partial charge in [0.2, 0.25) is 0 Å². The first kappa shape index (κ1) is 14.0. The second-order valence-corrected chi connectivity index (χ2v) is 6.57. The normalized spacial score (nSPS) is 20.8. The summed E-state index contributed by atoms with van der Waals surface area (Å²) in [5.41, 5.74) is 0.451. The standard InChI is InChI=1S/C14H29NO/c1-11(8-9-14(2,3)4)15-13(10-16-5)12-6-7-12/h11-13,15H,6-10H2,1-5H3. The molecule has 96 valence electrons. The zero-order chi connectivity index (χ0) is 12.2. The molecule has 1 N–H and O–H groups in total. The molecule has 0 aromatic heterocycles. The Morgan fingerprint density at radius 2 is 1.94 bits per heavy atom. The van der Waals surface area contributed by atoms with Gasteiger partial charge in [0.1, 0.15) is 0 Å². The smallest absolute Gasteiger partial charge is 0.0618 e. The molecule has 2 atom stereocenters. The third kappa shape index (κ3) is 5.86. The molecule has 0 amide bonds. The fourth-order valence-corrected chi connectivity index (χ4v) is 2.10. The summed E-state index contributed by atoms with van der Waals surface area (Å²) in [6.07, 6.45) is 5.31. The van der Waals surface area contributed by atoms with Crippen LogP contribution in [0.5, 0.6) is 0 Å². The Balaban J connectivity index is 2.22. The van der Waals surface area contributed by atoms with Crippen LogP contribution in [0.15, 0.2) is 0 Å². The van der Waals surface area contributed by atoms with Gasteiger partial charge >= 0.3 is 0 Å². The van der Waals surface area contributed by atoms with E-state index in [1.54, 1.807) is 7.11 Å². The Labute approximate surface area is 101 Å². The molecular formula is C14H29NO. The number of ether oxygens (including phenoxy) is 1. The predicted molar refractivity (Wildman–Crippen MR) is 69.7 cm³/mol. The Bertz CT molecular complexity index is 193. The van der Waals surface area contributed by atoms with Crippen LogP contribution in [0.4, 0.5) is 0 Å². The van der Waals surface area contributed by atoms with Gasteiger partial charge in [-0.05, 0) is 43.9 Å². The monoisotopic (exact) mass is 227 g/mol. The van der Waals surface area contributed by atoms with E-state index < -0.39 is 0 Å². The molecule has 1 saturated carbocycles. The number of rotatable bonds is 7. The predicted octanol–water partition coefficient (Wildman–Crippen LogP) is 3.22. The van der Waals surface area contributed by atoms with Crippen molar-refractivity contribution in [2.45, 2.75) is 65.5 Å². The number of hydrogen-bond donors (Lipinski definition) is 1. The second kappa shape index (κ2) is 6.02. The van der Waals surface area contributed by atoms with Crippen LogP contribution in [0.1, 0.15) is 53.4 Å². The molecule has 0 bridgehead atoms. The maximum absolute atomic E-state index is 5.29. The van der Waals surface area contributed by atoms with Crippen LogP contribution in [-0.2, 0) is 4.74 Å². The molecule has 0 spiro atoms. The topological polar surface area (TPSA) is 21.3 Å². The van der Waals surface area contributed by atoms with Gasteiger partial charge in [-0.3, -0.25) is 0 Å².